The first kappa shape index (κ1) is 22.0. The summed E-state index contributed by atoms with van der Waals surface area (Å²) < 4.78 is 5.40. The molecule has 2 aliphatic rings. The lowest BCUT2D eigenvalue weighted by Crippen LogP contribution is -2.48. The normalized spacial score (nSPS) is 17.8. The third-order valence-electron chi connectivity index (χ3n) is 6.24. The van der Waals surface area contributed by atoms with Gasteiger partial charge < -0.3 is 15.2 Å². The van der Waals surface area contributed by atoms with E-state index in [1.54, 1.807) is 0 Å². The fourth-order valence-electron chi connectivity index (χ4n) is 4.38. The van der Waals surface area contributed by atoms with E-state index < -0.39 is 11.6 Å². The van der Waals surface area contributed by atoms with Crippen molar-refractivity contribution in [1.82, 2.24) is 20.4 Å². The minimum absolute atomic E-state index is 0.00406. The number of hydrogen-bond acceptors (Lipinski definition) is 6. The first-order valence-electron chi connectivity index (χ1n) is 11.2. The summed E-state index contributed by atoms with van der Waals surface area (Å²) in [6.07, 6.45) is 4.24. The molecule has 1 aliphatic heterocycles. The van der Waals surface area contributed by atoms with Crippen LogP contribution < -0.4 is 10.6 Å². The fraction of sp³-hybridized carbons (Fsp3) is 0.522. The second-order valence-electron chi connectivity index (χ2n) is 8.94. The summed E-state index contributed by atoms with van der Waals surface area (Å²) in [6.45, 7) is 5.86. The molecule has 9 heteroatoms. The van der Waals surface area contributed by atoms with Crippen molar-refractivity contribution in [1.29, 1.82) is 0 Å². The van der Waals surface area contributed by atoms with Crippen LogP contribution in [0.4, 0.5) is 10.5 Å². The molecule has 4 amide bonds. The highest BCUT2D eigenvalue weighted by Gasteiger charge is 2.51. The molecule has 1 aliphatic carbocycles. The maximum atomic E-state index is 12.9. The zero-order valence-electron chi connectivity index (χ0n) is 18.7. The van der Waals surface area contributed by atoms with Crippen molar-refractivity contribution in [2.75, 3.05) is 11.9 Å². The average molecular weight is 440 g/mol. The summed E-state index contributed by atoms with van der Waals surface area (Å²) in [4.78, 5) is 43.7. The molecule has 2 fully saturated rings. The smallest absolute Gasteiger partial charge is 0.325 e. The number of anilines is 1. The molecule has 0 unspecified atom stereocenters. The molecule has 0 radical (unpaired) electrons. The van der Waals surface area contributed by atoms with Crippen molar-refractivity contribution in [2.45, 2.75) is 70.8 Å². The zero-order chi connectivity index (χ0) is 22.9. The van der Waals surface area contributed by atoms with Crippen LogP contribution in [-0.4, -0.2) is 45.0 Å². The lowest BCUT2D eigenvalue weighted by molar-refractivity contribution is -0.132. The Balaban J connectivity index is 1.45. The molecule has 2 heterocycles. The van der Waals surface area contributed by atoms with E-state index in [0.717, 1.165) is 24.8 Å². The maximum absolute atomic E-state index is 12.9. The molecule has 0 atom stereocenters. The van der Waals surface area contributed by atoms with Gasteiger partial charge in [-0.3, -0.25) is 14.5 Å². The standard InChI is InChI=1S/C23H29N5O4/c1-14(2)19-25-20(32-27-19)16-9-7-8-15(3)18(16)24-17(29)10-13-28-21(30)23(26-22(28)31)11-5-4-6-12-23/h7-9,14H,4-6,10-13H2,1-3H3,(H,24,29)(H,26,31). The van der Waals surface area contributed by atoms with Crippen molar-refractivity contribution in [3.63, 3.8) is 0 Å². The molecule has 170 valence electrons. The summed E-state index contributed by atoms with van der Waals surface area (Å²) in [5.41, 5.74) is 1.28. The van der Waals surface area contributed by atoms with Crippen molar-refractivity contribution in [3.8, 4) is 11.5 Å². The molecule has 4 rings (SSSR count). The molecule has 1 aromatic heterocycles. The number of aryl methyl sites for hydroxylation is 1. The second kappa shape index (κ2) is 8.72. The maximum Gasteiger partial charge on any atom is 0.325 e. The predicted molar refractivity (Wildman–Crippen MR) is 118 cm³/mol. The molecular weight excluding hydrogens is 410 g/mol. The van der Waals surface area contributed by atoms with Gasteiger partial charge in [0, 0.05) is 18.9 Å². The third-order valence-corrected chi connectivity index (χ3v) is 6.24. The van der Waals surface area contributed by atoms with Crippen LogP contribution in [0.3, 0.4) is 0 Å². The van der Waals surface area contributed by atoms with E-state index in [-0.39, 0.29) is 30.7 Å². The van der Waals surface area contributed by atoms with Gasteiger partial charge in [0.2, 0.25) is 5.91 Å². The summed E-state index contributed by atoms with van der Waals surface area (Å²) in [5.74, 6) is 0.537. The third kappa shape index (κ3) is 4.11. The van der Waals surface area contributed by atoms with E-state index in [4.69, 9.17) is 4.52 Å². The SMILES string of the molecule is Cc1cccc(-c2nc(C(C)C)no2)c1NC(=O)CCN1C(=O)NC2(CCCCC2)C1=O. The Hall–Kier alpha value is -3.23. The number of nitrogens with one attached hydrogen (secondary N) is 2. The Morgan fingerprint density at radius 2 is 2.00 bits per heavy atom. The first-order chi connectivity index (χ1) is 15.3. The number of aromatic nitrogens is 2. The van der Waals surface area contributed by atoms with Gasteiger partial charge >= 0.3 is 6.03 Å². The molecule has 32 heavy (non-hydrogen) atoms. The Morgan fingerprint density at radius 1 is 1.25 bits per heavy atom. The van der Waals surface area contributed by atoms with Crippen LogP contribution in [0.1, 0.15) is 69.7 Å². The minimum atomic E-state index is -0.777. The number of imide groups is 1. The van der Waals surface area contributed by atoms with Gasteiger partial charge in [-0.15, -0.1) is 0 Å². The number of amides is 4. The van der Waals surface area contributed by atoms with Crippen LogP contribution in [-0.2, 0) is 9.59 Å². The van der Waals surface area contributed by atoms with Crippen molar-refractivity contribution < 1.29 is 18.9 Å². The van der Waals surface area contributed by atoms with Gasteiger partial charge in [0.15, 0.2) is 5.82 Å². The Labute approximate surface area is 186 Å². The van der Waals surface area contributed by atoms with E-state index in [9.17, 15) is 14.4 Å². The van der Waals surface area contributed by atoms with Crippen LogP contribution >= 0.6 is 0 Å². The van der Waals surface area contributed by atoms with Gasteiger partial charge in [0.25, 0.3) is 11.8 Å². The number of carbonyl (C=O) groups excluding carboxylic acids is 3. The minimum Gasteiger partial charge on any atom is -0.334 e. The number of urea groups is 1. The summed E-state index contributed by atoms with van der Waals surface area (Å²) >= 11 is 0. The number of rotatable bonds is 6. The number of hydrogen-bond donors (Lipinski definition) is 2. The van der Waals surface area contributed by atoms with Crippen molar-refractivity contribution in [3.05, 3.63) is 29.6 Å². The molecule has 0 bridgehead atoms. The van der Waals surface area contributed by atoms with Crippen LogP contribution in [0.2, 0.25) is 0 Å². The molecule has 2 aromatic rings. The largest absolute Gasteiger partial charge is 0.334 e. The zero-order valence-corrected chi connectivity index (χ0v) is 18.7. The number of carbonyl (C=O) groups is 3. The quantitative estimate of drug-likeness (QED) is 0.662. The summed E-state index contributed by atoms with van der Waals surface area (Å²) in [7, 11) is 0. The van der Waals surface area contributed by atoms with Crippen LogP contribution in [0.15, 0.2) is 22.7 Å². The van der Waals surface area contributed by atoms with Gasteiger partial charge in [-0.2, -0.15) is 4.98 Å². The molecule has 1 spiro atoms. The molecule has 1 aromatic carbocycles. The lowest BCUT2D eigenvalue weighted by atomic mass is 9.82. The van der Waals surface area contributed by atoms with E-state index in [2.05, 4.69) is 20.8 Å². The molecule has 1 saturated heterocycles. The summed E-state index contributed by atoms with van der Waals surface area (Å²) in [5, 5.41) is 9.78. The highest BCUT2D eigenvalue weighted by molar-refractivity contribution is 6.07. The monoisotopic (exact) mass is 439 g/mol. The average Bonchev–Trinajstić information content (AvgIpc) is 3.33. The summed E-state index contributed by atoms with van der Waals surface area (Å²) in [6, 6.07) is 5.14. The highest BCUT2D eigenvalue weighted by atomic mass is 16.5. The highest BCUT2D eigenvalue weighted by Crippen LogP contribution is 2.34. The fourth-order valence-corrected chi connectivity index (χ4v) is 4.38. The molecule has 2 N–H and O–H groups in total. The van der Waals surface area contributed by atoms with Crippen molar-refractivity contribution in [2.24, 2.45) is 0 Å². The predicted octanol–water partition coefficient (Wildman–Crippen LogP) is 3.75. The van der Waals surface area contributed by atoms with Crippen LogP contribution in [0.5, 0.6) is 0 Å². The Bertz CT molecular complexity index is 1040. The number of para-hydroxylation sites is 1. The van der Waals surface area contributed by atoms with Crippen molar-refractivity contribution >= 4 is 23.5 Å². The van der Waals surface area contributed by atoms with Crippen LogP contribution in [0.25, 0.3) is 11.5 Å². The number of nitrogens with zero attached hydrogens (tertiary/aromatic N) is 3. The van der Waals surface area contributed by atoms with Gasteiger partial charge in [0.05, 0.1) is 11.3 Å². The van der Waals surface area contributed by atoms with E-state index in [1.807, 2.05) is 39.0 Å². The topological polar surface area (TPSA) is 117 Å². The van der Waals surface area contributed by atoms with Gasteiger partial charge in [-0.05, 0) is 31.4 Å². The van der Waals surface area contributed by atoms with E-state index in [0.29, 0.717) is 35.8 Å². The molecule has 1 saturated carbocycles. The molecule has 9 nitrogen and oxygen atoms in total. The Morgan fingerprint density at radius 3 is 2.69 bits per heavy atom. The van der Waals surface area contributed by atoms with E-state index in [1.165, 1.54) is 4.90 Å². The van der Waals surface area contributed by atoms with Gasteiger partial charge in [-0.25, -0.2) is 4.79 Å². The second-order valence-corrected chi connectivity index (χ2v) is 8.94. The lowest BCUT2D eigenvalue weighted by Gasteiger charge is -2.30. The van der Waals surface area contributed by atoms with E-state index >= 15 is 0 Å². The molecular formula is C23H29N5O4. The van der Waals surface area contributed by atoms with Crippen LogP contribution in [0, 0.1) is 6.92 Å². The Kier molecular flexibility index (Phi) is 5.99. The first-order valence-corrected chi connectivity index (χ1v) is 11.2. The number of benzene rings is 1. The van der Waals surface area contributed by atoms with Gasteiger partial charge in [-0.1, -0.05) is 50.4 Å². The van der Waals surface area contributed by atoms with Gasteiger partial charge in [0.1, 0.15) is 5.54 Å².